The normalized spacial score (nSPS) is 14.8. The second-order valence-corrected chi connectivity index (χ2v) is 9.10. The second-order valence-electron chi connectivity index (χ2n) is 9.10. The topological polar surface area (TPSA) is 95.2 Å². The van der Waals surface area contributed by atoms with Crippen LogP contribution >= 0.6 is 0 Å². The molecule has 5 rings (SSSR count). The molecule has 0 aliphatic carbocycles. The van der Waals surface area contributed by atoms with Gasteiger partial charge in [-0.25, -0.2) is 9.69 Å². The number of carbonyl (C=O) groups is 3. The quantitative estimate of drug-likeness (QED) is 0.317. The highest BCUT2D eigenvalue weighted by atomic mass is 16.2. The maximum absolute atomic E-state index is 13.5. The van der Waals surface area contributed by atoms with Gasteiger partial charge in [0, 0.05) is 28.7 Å². The summed E-state index contributed by atoms with van der Waals surface area (Å²) in [5, 5.41) is 12.7. The average molecular weight is 489 g/mol. The SMILES string of the molecule is Cc1ccc(N2C(=O)NC(=O)/C(=C\c3c(C)n(Cc4ccccc4C#N)c4ccccc34)C2=O)cc1C. The molecule has 37 heavy (non-hydrogen) atoms. The van der Waals surface area contributed by atoms with Gasteiger partial charge >= 0.3 is 6.03 Å². The van der Waals surface area contributed by atoms with E-state index in [1.165, 1.54) is 0 Å². The second kappa shape index (κ2) is 9.25. The number of para-hydroxylation sites is 1. The molecule has 0 radical (unpaired) electrons. The Morgan fingerprint density at radius 1 is 0.919 bits per heavy atom. The molecule has 1 aliphatic heterocycles. The number of anilines is 1. The van der Waals surface area contributed by atoms with Crippen LogP contribution in [0.15, 0.2) is 72.3 Å². The molecule has 0 saturated carbocycles. The summed E-state index contributed by atoms with van der Waals surface area (Å²) in [4.78, 5) is 40.0. The van der Waals surface area contributed by atoms with Crippen LogP contribution in [-0.2, 0) is 16.1 Å². The lowest BCUT2D eigenvalue weighted by Crippen LogP contribution is -2.54. The molecule has 7 nitrogen and oxygen atoms in total. The number of benzene rings is 3. The van der Waals surface area contributed by atoms with Gasteiger partial charge in [-0.15, -0.1) is 0 Å². The molecule has 0 atom stereocenters. The van der Waals surface area contributed by atoms with Crippen LogP contribution < -0.4 is 10.2 Å². The van der Waals surface area contributed by atoms with Gasteiger partial charge in [-0.05, 0) is 67.8 Å². The Bertz CT molecular complexity index is 1690. The number of hydrogen-bond acceptors (Lipinski definition) is 4. The highest BCUT2D eigenvalue weighted by Gasteiger charge is 2.37. The molecule has 0 bridgehead atoms. The lowest BCUT2D eigenvalue weighted by atomic mass is 10.0. The maximum atomic E-state index is 13.5. The summed E-state index contributed by atoms with van der Waals surface area (Å²) in [5.74, 6) is -1.41. The molecule has 1 fully saturated rings. The Hall–Kier alpha value is -4.96. The van der Waals surface area contributed by atoms with Crippen molar-refractivity contribution in [2.75, 3.05) is 4.90 Å². The van der Waals surface area contributed by atoms with E-state index in [9.17, 15) is 19.6 Å². The van der Waals surface area contributed by atoms with Gasteiger partial charge in [0.1, 0.15) is 5.57 Å². The van der Waals surface area contributed by atoms with E-state index in [1.807, 2.05) is 69.3 Å². The summed E-state index contributed by atoms with van der Waals surface area (Å²) in [7, 11) is 0. The minimum Gasteiger partial charge on any atom is -0.340 e. The van der Waals surface area contributed by atoms with Crippen molar-refractivity contribution in [2.24, 2.45) is 0 Å². The first kappa shape index (κ1) is 23.8. The minimum atomic E-state index is -0.775. The zero-order valence-electron chi connectivity index (χ0n) is 20.7. The Morgan fingerprint density at radius 2 is 1.65 bits per heavy atom. The Morgan fingerprint density at radius 3 is 2.41 bits per heavy atom. The first-order chi connectivity index (χ1) is 17.8. The molecule has 2 heterocycles. The third-order valence-corrected chi connectivity index (χ3v) is 6.88. The van der Waals surface area contributed by atoms with Crippen LogP contribution in [0, 0.1) is 32.1 Å². The number of amides is 4. The van der Waals surface area contributed by atoms with Gasteiger partial charge in [0.15, 0.2) is 0 Å². The fraction of sp³-hybridized carbons (Fsp3) is 0.133. The number of imide groups is 2. The highest BCUT2D eigenvalue weighted by molar-refractivity contribution is 6.39. The number of nitrogens with one attached hydrogen (secondary N) is 1. The van der Waals surface area contributed by atoms with Crippen molar-refractivity contribution < 1.29 is 14.4 Å². The van der Waals surface area contributed by atoms with Crippen LogP contribution in [0.2, 0.25) is 0 Å². The highest BCUT2D eigenvalue weighted by Crippen LogP contribution is 2.31. The zero-order chi connectivity index (χ0) is 26.3. The van der Waals surface area contributed by atoms with Crippen molar-refractivity contribution in [2.45, 2.75) is 27.3 Å². The fourth-order valence-electron chi connectivity index (χ4n) is 4.68. The largest absolute Gasteiger partial charge is 0.340 e. The Labute approximate surface area is 214 Å². The van der Waals surface area contributed by atoms with Crippen LogP contribution in [-0.4, -0.2) is 22.4 Å². The molecule has 4 amide bonds. The van der Waals surface area contributed by atoms with Crippen molar-refractivity contribution in [3.63, 3.8) is 0 Å². The van der Waals surface area contributed by atoms with Gasteiger partial charge in [-0.3, -0.25) is 14.9 Å². The van der Waals surface area contributed by atoms with Crippen molar-refractivity contribution >= 4 is 40.5 Å². The van der Waals surface area contributed by atoms with Gasteiger partial charge in [0.25, 0.3) is 11.8 Å². The predicted octanol–water partition coefficient (Wildman–Crippen LogP) is 5.15. The maximum Gasteiger partial charge on any atom is 0.335 e. The van der Waals surface area contributed by atoms with E-state index < -0.39 is 17.8 Å². The van der Waals surface area contributed by atoms with E-state index in [4.69, 9.17) is 0 Å². The summed E-state index contributed by atoms with van der Waals surface area (Å²) in [5.41, 5.74) is 6.13. The fourth-order valence-corrected chi connectivity index (χ4v) is 4.68. The van der Waals surface area contributed by atoms with Crippen molar-refractivity contribution in [1.29, 1.82) is 5.26 Å². The molecule has 1 N–H and O–H groups in total. The number of urea groups is 1. The smallest absolute Gasteiger partial charge is 0.335 e. The van der Waals surface area contributed by atoms with Gasteiger partial charge in [-0.1, -0.05) is 42.5 Å². The minimum absolute atomic E-state index is 0.124. The third-order valence-electron chi connectivity index (χ3n) is 6.88. The van der Waals surface area contributed by atoms with Crippen LogP contribution in [0.5, 0.6) is 0 Å². The van der Waals surface area contributed by atoms with Gasteiger partial charge in [0.2, 0.25) is 0 Å². The van der Waals surface area contributed by atoms with E-state index in [2.05, 4.69) is 16.0 Å². The van der Waals surface area contributed by atoms with E-state index in [-0.39, 0.29) is 5.57 Å². The first-order valence-corrected chi connectivity index (χ1v) is 11.8. The first-order valence-electron chi connectivity index (χ1n) is 11.8. The number of carbonyl (C=O) groups excluding carboxylic acids is 3. The molecule has 1 aliphatic rings. The van der Waals surface area contributed by atoms with Crippen LogP contribution in [0.3, 0.4) is 0 Å². The van der Waals surface area contributed by atoms with E-state index in [1.54, 1.807) is 24.3 Å². The third kappa shape index (κ3) is 4.09. The average Bonchev–Trinajstić information content (AvgIpc) is 3.14. The van der Waals surface area contributed by atoms with Crippen molar-refractivity contribution in [3.05, 3.63) is 106 Å². The predicted molar refractivity (Wildman–Crippen MR) is 142 cm³/mol. The Kier molecular flexibility index (Phi) is 5.94. The number of nitriles is 1. The van der Waals surface area contributed by atoms with Gasteiger partial charge in [-0.2, -0.15) is 5.26 Å². The van der Waals surface area contributed by atoms with Crippen molar-refractivity contribution in [3.8, 4) is 6.07 Å². The number of aryl methyl sites for hydroxylation is 2. The summed E-state index contributed by atoms with van der Waals surface area (Å²) in [6, 6.07) is 21.9. The number of nitrogens with zero attached hydrogens (tertiary/aromatic N) is 3. The molecule has 3 aromatic carbocycles. The molecule has 0 unspecified atom stereocenters. The monoisotopic (exact) mass is 488 g/mol. The Balaban J connectivity index is 1.63. The molecular weight excluding hydrogens is 464 g/mol. The molecule has 1 aromatic heterocycles. The summed E-state index contributed by atoms with van der Waals surface area (Å²) in [6.07, 6.45) is 1.56. The number of barbiturate groups is 1. The lowest BCUT2D eigenvalue weighted by molar-refractivity contribution is -0.122. The number of aromatic nitrogens is 1. The summed E-state index contributed by atoms with van der Waals surface area (Å²) in [6.45, 7) is 6.21. The molecular formula is C30H24N4O3. The van der Waals surface area contributed by atoms with E-state index in [0.717, 1.165) is 38.2 Å². The molecule has 4 aromatic rings. The van der Waals surface area contributed by atoms with E-state index in [0.29, 0.717) is 23.4 Å². The summed E-state index contributed by atoms with van der Waals surface area (Å²) >= 11 is 0. The molecule has 7 heteroatoms. The number of fused-ring (bicyclic) bond motifs is 1. The van der Waals surface area contributed by atoms with Crippen LogP contribution in [0.4, 0.5) is 10.5 Å². The lowest BCUT2D eigenvalue weighted by Gasteiger charge is -2.26. The van der Waals surface area contributed by atoms with Crippen molar-refractivity contribution in [1.82, 2.24) is 9.88 Å². The molecule has 1 saturated heterocycles. The van der Waals surface area contributed by atoms with Crippen LogP contribution in [0.25, 0.3) is 17.0 Å². The zero-order valence-corrected chi connectivity index (χ0v) is 20.7. The van der Waals surface area contributed by atoms with Gasteiger partial charge in [0.05, 0.1) is 17.3 Å². The number of hydrogen-bond donors (Lipinski definition) is 1. The van der Waals surface area contributed by atoms with Crippen LogP contribution in [0.1, 0.15) is 33.5 Å². The standard InChI is InChI=1S/C30H24N4O3/c1-18-12-13-23(14-19(18)2)34-29(36)26(28(35)32-30(34)37)15-25-20(3)33(27-11-7-6-10-24(25)27)17-22-9-5-4-8-21(22)16-31/h4-15H,17H2,1-3H3,(H,32,35,37)/b26-15+. The summed E-state index contributed by atoms with van der Waals surface area (Å²) < 4.78 is 2.06. The molecule has 0 spiro atoms. The number of rotatable bonds is 4. The van der Waals surface area contributed by atoms with E-state index >= 15 is 0 Å². The molecule has 182 valence electrons. The van der Waals surface area contributed by atoms with Gasteiger partial charge < -0.3 is 4.57 Å².